The zero-order valence-electron chi connectivity index (χ0n) is 14.6. The van der Waals surface area contributed by atoms with Crippen molar-refractivity contribution in [2.45, 2.75) is 50.2 Å². The molecule has 7 nitrogen and oxygen atoms in total. The molecule has 1 amide bonds. The lowest BCUT2D eigenvalue weighted by Gasteiger charge is -2.34. The molecule has 3 rings (SSSR count). The Kier molecular flexibility index (Phi) is 4.49. The highest BCUT2D eigenvalue weighted by Crippen LogP contribution is 2.28. The van der Waals surface area contributed by atoms with Crippen molar-refractivity contribution in [1.82, 2.24) is 4.90 Å². The van der Waals surface area contributed by atoms with Crippen LogP contribution in [0, 0.1) is 0 Å². The predicted octanol–water partition coefficient (Wildman–Crippen LogP) is 2.55. The lowest BCUT2D eigenvalue weighted by atomic mass is 10.1. The third kappa shape index (κ3) is 3.95. The van der Waals surface area contributed by atoms with Crippen molar-refractivity contribution >= 4 is 22.0 Å². The van der Waals surface area contributed by atoms with Crippen LogP contribution in [0.1, 0.15) is 39.2 Å². The maximum Gasteiger partial charge on any atom is 0.410 e. The molecule has 1 unspecified atom stereocenters. The molecule has 0 aromatic heterocycles. The molecular weight excluding hydrogens is 344 g/mol. The Morgan fingerprint density at radius 2 is 2.00 bits per heavy atom. The number of likely N-dealkylation sites (tertiary alicyclic amines) is 1. The van der Waals surface area contributed by atoms with Crippen LogP contribution in [0.2, 0.25) is 0 Å². The van der Waals surface area contributed by atoms with Crippen LogP contribution in [0.25, 0.3) is 0 Å². The number of ether oxygens (including phenoxy) is 2. The maximum atomic E-state index is 12.2. The Hall–Kier alpha value is -2.09. The van der Waals surface area contributed by atoms with Crippen LogP contribution in [0.15, 0.2) is 33.6 Å². The van der Waals surface area contributed by atoms with E-state index in [1.54, 1.807) is 23.1 Å². The highest BCUT2D eigenvalue weighted by Gasteiger charge is 2.34. The van der Waals surface area contributed by atoms with Gasteiger partial charge in [0.1, 0.15) is 16.6 Å². The van der Waals surface area contributed by atoms with Gasteiger partial charge >= 0.3 is 6.09 Å². The number of rotatable bonds is 1. The molecule has 2 aliphatic rings. The van der Waals surface area contributed by atoms with Gasteiger partial charge in [-0.2, -0.15) is 8.42 Å². The molecule has 1 fully saturated rings. The first kappa shape index (κ1) is 17.7. The first-order chi connectivity index (χ1) is 11.7. The fourth-order valence-corrected chi connectivity index (χ4v) is 3.99. The van der Waals surface area contributed by atoms with Crippen molar-refractivity contribution in [3.05, 3.63) is 29.8 Å². The molecule has 1 atom stereocenters. The van der Waals surface area contributed by atoms with E-state index in [2.05, 4.69) is 4.40 Å². The Labute approximate surface area is 147 Å². The van der Waals surface area contributed by atoms with Gasteiger partial charge in [-0.15, -0.1) is 4.40 Å². The van der Waals surface area contributed by atoms with E-state index in [0.717, 1.165) is 12.8 Å². The molecule has 0 spiro atoms. The molecular formula is C17H22N2O5S. The van der Waals surface area contributed by atoms with E-state index in [-0.39, 0.29) is 23.0 Å². The van der Waals surface area contributed by atoms with Gasteiger partial charge in [0.25, 0.3) is 10.0 Å². The number of nitrogens with zero attached hydrogens (tertiary/aromatic N) is 2. The Bertz CT molecular complexity index is 811. The average Bonchev–Trinajstić information content (AvgIpc) is 2.77. The molecule has 0 aliphatic carbocycles. The highest BCUT2D eigenvalue weighted by atomic mass is 32.2. The fourth-order valence-electron chi connectivity index (χ4n) is 2.85. The largest absolute Gasteiger partial charge is 0.472 e. The van der Waals surface area contributed by atoms with E-state index < -0.39 is 15.6 Å². The molecule has 2 aliphatic heterocycles. The van der Waals surface area contributed by atoms with Crippen LogP contribution in [-0.2, 0) is 19.5 Å². The van der Waals surface area contributed by atoms with E-state index in [1.165, 1.54) is 6.07 Å². The van der Waals surface area contributed by atoms with E-state index in [1.807, 2.05) is 20.8 Å². The third-order valence-electron chi connectivity index (χ3n) is 3.91. The van der Waals surface area contributed by atoms with Crippen LogP contribution in [0.5, 0.6) is 0 Å². The summed E-state index contributed by atoms with van der Waals surface area (Å²) in [7, 11) is -3.70. The van der Waals surface area contributed by atoms with Gasteiger partial charge in [0.2, 0.25) is 5.90 Å². The summed E-state index contributed by atoms with van der Waals surface area (Å²) in [5, 5.41) is 0. The molecule has 1 aromatic rings. The summed E-state index contributed by atoms with van der Waals surface area (Å²) >= 11 is 0. The maximum absolute atomic E-state index is 12.2. The van der Waals surface area contributed by atoms with E-state index in [9.17, 15) is 13.2 Å². The lowest BCUT2D eigenvalue weighted by Crippen LogP contribution is -2.45. The number of carbonyl (C=O) groups is 1. The van der Waals surface area contributed by atoms with Crippen LogP contribution < -0.4 is 0 Å². The van der Waals surface area contributed by atoms with Gasteiger partial charge in [0.05, 0.1) is 12.1 Å². The minimum absolute atomic E-state index is 0.103. The van der Waals surface area contributed by atoms with Crippen molar-refractivity contribution in [3.8, 4) is 0 Å². The monoisotopic (exact) mass is 366 g/mol. The van der Waals surface area contributed by atoms with Crippen molar-refractivity contribution < 1.29 is 22.7 Å². The molecule has 2 heterocycles. The first-order valence-corrected chi connectivity index (χ1v) is 9.69. The van der Waals surface area contributed by atoms with Crippen molar-refractivity contribution in [2.75, 3.05) is 13.1 Å². The van der Waals surface area contributed by atoms with Crippen LogP contribution in [-0.4, -0.2) is 50.1 Å². The van der Waals surface area contributed by atoms with Crippen molar-refractivity contribution in [3.63, 3.8) is 0 Å². The van der Waals surface area contributed by atoms with Crippen LogP contribution >= 0.6 is 0 Å². The second-order valence-electron chi connectivity index (χ2n) is 7.18. The normalized spacial score (nSPS) is 22.1. The fraction of sp³-hybridized carbons (Fsp3) is 0.529. The van der Waals surface area contributed by atoms with Gasteiger partial charge in [0.15, 0.2) is 0 Å². The minimum Gasteiger partial charge on any atom is -0.472 e. The molecule has 25 heavy (non-hydrogen) atoms. The molecule has 0 N–H and O–H groups in total. The van der Waals surface area contributed by atoms with Gasteiger partial charge < -0.3 is 14.4 Å². The first-order valence-electron chi connectivity index (χ1n) is 8.25. The third-order valence-corrected chi connectivity index (χ3v) is 5.22. The molecule has 0 bridgehead atoms. The summed E-state index contributed by atoms with van der Waals surface area (Å²) in [6.07, 6.45) is 0.773. The number of hydrogen-bond acceptors (Lipinski definition) is 5. The minimum atomic E-state index is -3.70. The second kappa shape index (κ2) is 6.33. The van der Waals surface area contributed by atoms with Crippen LogP contribution in [0.3, 0.4) is 0 Å². The summed E-state index contributed by atoms with van der Waals surface area (Å²) in [4.78, 5) is 14.0. The molecule has 0 radical (unpaired) electrons. The molecule has 1 aromatic carbocycles. The number of hydrogen-bond donors (Lipinski definition) is 0. The van der Waals surface area contributed by atoms with Crippen molar-refractivity contribution in [2.24, 2.45) is 4.40 Å². The Balaban J connectivity index is 1.71. The van der Waals surface area contributed by atoms with Gasteiger partial charge in [-0.25, -0.2) is 4.79 Å². The summed E-state index contributed by atoms with van der Waals surface area (Å²) in [6, 6.07) is 6.58. The summed E-state index contributed by atoms with van der Waals surface area (Å²) < 4.78 is 39.1. The predicted molar refractivity (Wildman–Crippen MR) is 92.1 cm³/mol. The Morgan fingerprint density at radius 3 is 2.72 bits per heavy atom. The quantitative estimate of drug-likeness (QED) is 0.762. The van der Waals surface area contributed by atoms with Crippen LogP contribution in [0.4, 0.5) is 4.79 Å². The SMILES string of the molecule is CC(C)(C)OC(=O)N1CCCC(OC2=NS(=O)(=O)c3ccccc32)C1. The summed E-state index contributed by atoms with van der Waals surface area (Å²) in [5.41, 5.74) is -0.0927. The molecule has 8 heteroatoms. The average molecular weight is 366 g/mol. The van der Waals surface area contributed by atoms with Gasteiger partial charge in [-0.05, 0) is 45.7 Å². The summed E-state index contributed by atoms with van der Waals surface area (Å²) in [5.74, 6) is 0.103. The number of sulfonamides is 1. The van der Waals surface area contributed by atoms with Crippen molar-refractivity contribution in [1.29, 1.82) is 0 Å². The van der Waals surface area contributed by atoms with E-state index in [4.69, 9.17) is 9.47 Å². The second-order valence-corrected chi connectivity index (χ2v) is 8.75. The lowest BCUT2D eigenvalue weighted by molar-refractivity contribution is 0.00627. The van der Waals surface area contributed by atoms with Gasteiger partial charge in [-0.1, -0.05) is 12.1 Å². The van der Waals surface area contributed by atoms with E-state index in [0.29, 0.717) is 18.7 Å². The van der Waals surface area contributed by atoms with Gasteiger partial charge in [-0.3, -0.25) is 0 Å². The van der Waals surface area contributed by atoms with Gasteiger partial charge in [0, 0.05) is 6.54 Å². The Morgan fingerprint density at radius 1 is 1.28 bits per heavy atom. The topological polar surface area (TPSA) is 85.3 Å². The number of fused-ring (bicyclic) bond motifs is 1. The van der Waals surface area contributed by atoms with E-state index >= 15 is 0 Å². The number of carbonyl (C=O) groups excluding carboxylic acids is 1. The number of piperidine rings is 1. The highest BCUT2D eigenvalue weighted by molar-refractivity contribution is 7.90. The summed E-state index contributed by atoms with van der Waals surface area (Å²) in [6.45, 7) is 6.39. The zero-order chi connectivity index (χ0) is 18.2. The number of benzene rings is 1. The molecule has 0 saturated carbocycles. The molecule has 1 saturated heterocycles. The standard InChI is InChI=1S/C17H22N2O5S/c1-17(2,3)24-16(20)19-10-6-7-12(11-19)23-15-13-8-4-5-9-14(13)25(21,22)18-15/h4-5,8-9,12H,6-7,10-11H2,1-3H3. The zero-order valence-corrected chi connectivity index (χ0v) is 15.4. The smallest absolute Gasteiger partial charge is 0.410 e. The molecule has 136 valence electrons. The number of amides is 1.